The van der Waals surface area contributed by atoms with Crippen molar-refractivity contribution in [3.05, 3.63) is 42.5 Å². The van der Waals surface area contributed by atoms with Crippen LogP contribution >= 0.6 is 0 Å². The quantitative estimate of drug-likeness (QED) is 0.636. The summed E-state index contributed by atoms with van der Waals surface area (Å²) in [5.74, 6) is -0.175. The van der Waals surface area contributed by atoms with Gasteiger partial charge in [-0.05, 0) is 44.0 Å². The number of benzene rings is 1. The van der Waals surface area contributed by atoms with Crippen LogP contribution < -0.4 is 5.32 Å². The van der Waals surface area contributed by atoms with Crippen molar-refractivity contribution < 1.29 is 18.0 Å². The lowest BCUT2D eigenvalue weighted by molar-refractivity contribution is -0.122. The maximum Gasteiger partial charge on any atom is 0.253 e. The molecule has 0 radical (unpaired) electrons. The van der Waals surface area contributed by atoms with Gasteiger partial charge >= 0.3 is 0 Å². The third-order valence-corrected chi connectivity index (χ3v) is 7.95. The molecule has 0 bridgehead atoms. The van der Waals surface area contributed by atoms with E-state index in [4.69, 9.17) is 0 Å². The summed E-state index contributed by atoms with van der Waals surface area (Å²) in [5.41, 5.74) is 0.475. The van der Waals surface area contributed by atoms with Crippen LogP contribution in [0.25, 0.3) is 0 Å². The zero-order valence-corrected chi connectivity index (χ0v) is 18.9. The van der Waals surface area contributed by atoms with Crippen molar-refractivity contribution in [2.45, 2.75) is 37.1 Å². The number of piperidine rings is 1. The molecule has 1 aromatic carbocycles. The predicted molar refractivity (Wildman–Crippen MR) is 119 cm³/mol. The highest BCUT2D eigenvalue weighted by Crippen LogP contribution is 2.25. The normalized spacial score (nSPS) is 20.9. The lowest BCUT2D eigenvalue weighted by Crippen LogP contribution is -2.51. The summed E-state index contributed by atoms with van der Waals surface area (Å²) in [6.07, 6.45) is 4.44. The van der Waals surface area contributed by atoms with E-state index in [0.717, 1.165) is 19.3 Å². The van der Waals surface area contributed by atoms with Crippen molar-refractivity contribution in [3.8, 4) is 0 Å². The molecule has 2 heterocycles. The molecule has 0 aromatic heterocycles. The number of hydrogen-bond donors (Lipinski definition) is 1. The summed E-state index contributed by atoms with van der Waals surface area (Å²) in [7, 11) is -3.55. The first-order chi connectivity index (χ1) is 14.8. The molecule has 2 amide bonds. The van der Waals surface area contributed by atoms with Crippen molar-refractivity contribution in [2.24, 2.45) is 0 Å². The van der Waals surface area contributed by atoms with Gasteiger partial charge in [-0.1, -0.05) is 12.5 Å². The van der Waals surface area contributed by atoms with Gasteiger partial charge in [-0.15, -0.1) is 6.58 Å². The van der Waals surface area contributed by atoms with Crippen molar-refractivity contribution in [1.29, 1.82) is 0 Å². The van der Waals surface area contributed by atoms with Crippen LogP contribution in [0, 0.1) is 0 Å². The van der Waals surface area contributed by atoms with E-state index in [2.05, 4.69) is 11.9 Å². The zero-order valence-electron chi connectivity index (χ0n) is 18.1. The zero-order chi connectivity index (χ0) is 22.4. The minimum Gasteiger partial charge on any atom is -0.352 e. The van der Waals surface area contributed by atoms with Crippen LogP contribution in [-0.4, -0.2) is 86.2 Å². The summed E-state index contributed by atoms with van der Waals surface area (Å²) in [5, 5.41) is 2.75. The number of nitrogens with zero attached hydrogens (tertiary/aromatic N) is 3. The first kappa shape index (κ1) is 23.4. The minimum atomic E-state index is -3.55. The number of rotatable bonds is 7. The standard InChI is InChI=1S/C22H32N4O4S/c1-3-11-23-21(27)17-24-13-15-25(16-14-24)22(28)19-7-9-20(10-8-19)31(29,30)26-12-5-4-6-18(26)2/h3,7-10,18H,1,4-6,11-17H2,2H3,(H,23,27). The average Bonchev–Trinajstić information content (AvgIpc) is 2.78. The van der Waals surface area contributed by atoms with E-state index < -0.39 is 10.0 Å². The third-order valence-electron chi connectivity index (χ3n) is 5.92. The van der Waals surface area contributed by atoms with Crippen molar-refractivity contribution in [1.82, 2.24) is 19.4 Å². The molecule has 31 heavy (non-hydrogen) atoms. The van der Waals surface area contributed by atoms with Crippen LogP contribution in [-0.2, 0) is 14.8 Å². The fourth-order valence-electron chi connectivity index (χ4n) is 4.07. The molecular formula is C22H32N4O4S. The number of piperazine rings is 1. The number of nitrogens with one attached hydrogen (secondary N) is 1. The number of carbonyl (C=O) groups is 2. The first-order valence-corrected chi connectivity index (χ1v) is 12.3. The highest BCUT2D eigenvalue weighted by molar-refractivity contribution is 7.89. The predicted octanol–water partition coefficient (Wildman–Crippen LogP) is 1.31. The Morgan fingerprint density at radius 1 is 1.10 bits per heavy atom. The molecule has 1 N–H and O–H groups in total. The molecule has 3 rings (SSSR count). The van der Waals surface area contributed by atoms with E-state index in [-0.39, 0.29) is 22.8 Å². The Hall–Kier alpha value is -2.23. The van der Waals surface area contributed by atoms with Gasteiger partial charge in [-0.3, -0.25) is 14.5 Å². The minimum absolute atomic E-state index is 0.00444. The summed E-state index contributed by atoms with van der Waals surface area (Å²) in [6, 6.07) is 6.25. The second-order valence-corrected chi connectivity index (χ2v) is 10.0. The Morgan fingerprint density at radius 2 is 1.77 bits per heavy atom. The van der Waals surface area contributed by atoms with Gasteiger partial charge in [0.05, 0.1) is 11.4 Å². The molecule has 0 spiro atoms. The molecule has 0 aliphatic carbocycles. The van der Waals surface area contributed by atoms with Crippen LogP contribution in [0.5, 0.6) is 0 Å². The second-order valence-electron chi connectivity index (χ2n) is 8.15. The number of carbonyl (C=O) groups excluding carboxylic acids is 2. The van der Waals surface area contributed by atoms with Crippen molar-refractivity contribution in [3.63, 3.8) is 0 Å². The average molecular weight is 449 g/mol. The number of sulfonamides is 1. The van der Waals surface area contributed by atoms with E-state index >= 15 is 0 Å². The number of amides is 2. The molecule has 9 heteroatoms. The molecule has 0 saturated carbocycles. The van der Waals surface area contributed by atoms with Gasteiger partial charge < -0.3 is 10.2 Å². The summed E-state index contributed by atoms with van der Waals surface area (Å²) < 4.78 is 27.5. The van der Waals surface area contributed by atoms with Gasteiger partial charge in [0.15, 0.2) is 0 Å². The highest BCUT2D eigenvalue weighted by atomic mass is 32.2. The third kappa shape index (κ3) is 5.72. The second kappa shape index (κ2) is 10.4. The lowest BCUT2D eigenvalue weighted by atomic mass is 10.1. The molecule has 170 valence electrons. The van der Waals surface area contributed by atoms with Gasteiger partial charge in [-0.25, -0.2) is 8.42 Å². The topological polar surface area (TPSA) is 90.0 Å². The largest absolute Gasteiger partial charge is 0.352 e. The van der Waals surface area contributed by atoms with Gasteiger partial charge in [-0.2, -0.15) is 4.31 Å². The molecule has 2 saturated heterocycles. The molecule has 8 nitrogen and oxygen atoms in total. The Kier molecular flexibility index (Phi) is 7.85. The summed E-state index contributed by atoms with van der Waals surface area (Å²) in [4.78, 5) is 28.6. The van der Waals surface area contributed by atoms with E-state index in [9.17, 15) is 18.0 Å². The van der Waals surface area contributed by atoms with Crippen LogP contribution in [0.3, 0.4) is 0 Å². The van der Waals surface area contributed by atoms with Gasteiger partial charge in [0.1, 0.15) is 0 Å². The number of hydrogen-bond acceptors (Lipinski definition) is 5. The van der Waals surface area contributed by atoms with Crippen molar-refractivity contribution >= 4 is 21.8 Å². The monoisotopic (exact) mass is 448 g/mol. The Balaban J connectivity index is 1.57. The Labute approximate surface area is 184 Å². The van der Waals surface area contributed by atoms with Crippen molar-refractivity contribution in [2.75, 3.05) is 45.8 Å². The summed E-state index contributed by atoms with van der Waals surface area (Å²) in [6.45, 7) is 9.09. The van der Waals surface area contributed by atoms with Gasteiger partial charge in [0.25, 0.3) is 5.91 Å². The van der Waals surface area contributed by atoms with E-state index in [1.54, 1.807) is 27.4 Å². The van der Waals surface area contributed by atoms with Crippen LogP contribution in [0.1, 0.15) is 36.5 Å². The Bertz CT molecular complexity index is 893. The Morgan fingerprint density at radius 3 is 2.39 bits per heavy atom. The smallest absolute Gasteiger partial charge is 0.253 e. The van der Waals surface area contributed by atoms with Gasteiger partial charge in [0, 0.05) is 50.9 Å². The molecule has 1 atom stereocenters. The van der Waals surface area contributed by atoms with E-state index in [1.807, 2.05) is 11.8 Å². The van der Waals surface area contributed by atoms with Crippen LogP contribution in [0.15, 0.2) is 41.8 Å². The lowest BCUT2D eigenvalue weighted by Gasteiger charge is -2.34. The summed E-state index contributed by atoms with van der Waals surface area (Å²) >= 11 is 0. The molecule has 1 aromatic rings. The fraction of sp³-hybridized carbons (Fsp3) is 0.545. The maximum absolute atomic E-state index is 13.0. The van der Waals surface area contributed by atoms with Gasteiger partial charge in [0.2, 0.25) is 15.9 Å². The van der Waals surface area contributed by atoms with Crippen LogP contribution in [0.2, 0.25) is 0 Å². The first-order valence-electron chi connectivity index (χ1n) is 10.8. The van der Waals surface area contributed by atoms with E-state index in [0.29, 0.717) is 51.4 Å². The maximum atomic E-state index is 13.0. The molecular weight excluding hydrogens is 416 g/mol. The highest BCUT2D eigenvalue weighted by Gasteiger charge is 2.31. The molecule has 2 aliphatic rings. The molecule has 2 fully saturated rings. The molecule has 1 unspecified atom stereocenters. The fourth-order valence-corrected chi connectivity index (χ4v) is 5.77. The van der Waals surface area contributed by atoms with E-state index in [1.165, 1.54) is 12.1 Å². The van der Waals surface area contributed by atoms with Crippen LogP contribution in [0.4, 0.5) is 0 Å². The molecule has 2 aliphatic heterocycles. The SMILES string of the molecule is C=CCNC(=O)CN1CCN(C(=O)c2ccc(S(=O)(=O)N3CCCCC3C)cc2)CC1.